The smallest absolute Gasteiger partial charge is 0.237 e. The molecule has 1 aromatic carbocycles. The van der Waals surface area contributed by atoms with Gasteiger partial charge in [-0.05, 0) is 57.9 Å². The highest BCUT2D eigenvalue weighted by Crippen LogP contribution is 2.20. The summed E-state index contributed by atoms with van der Waals surface area (Å²) in [5.41, 5.74) is 1.07. The predicted molar refractivity (Wildman–Crippen MR) is 84.4 cm³/mol. The lowest BCUT2D eigenvalue weighted by atomic mass is 10.0. The highest BCUT2D eigenvalue weighted by atomic mass is 16.5. The van der Waals surface area contributed by atoms with Crippen LogP contribution < -0.4 is 15.4 Å². The average molecular weight is 290 g/mol. The molecule has 1 aliphatic rings. The van der Waals surface area contributed by atoms with E-state index in [0.717, 1.165) is 37.1 Å². The summed E-state index contributed by atoms with van der Waals surface area (Å²) in [6.45, 7) is 6.96. The van der Waals surface area contributed by atoms with Crippen molar-refractivity contribution in [1.29, 1.82) is 0 Å². The van der Waals surface area contributed by atoms with E-state index in [1.807, 2.05) is 45.0 Å². The van der Waals surface area contributed by atoms with Crippen LogP contribution >= 0.6 is 0 Å². The largest absolute Gasteiger partial charge is 0.491 e. The van der Waals surface area contributed by atoms with Crippen LogP contribution in [-0.2, 0) is 4.79 Å². The quantitative estimate of drug-likeness (QED) is 0.876. The zero-order chi connectivity index (χ0) is 15.2. The molecule has 2 unspecified atom stereocenters. The molecule has 1 aliphatic heterocycles. The molecule has 0 aliphatic carbocycles. The fourth-order valence-corrected chi connectivity index (χ4v) is 2.60. The van der Waals surface area contributed by atoms with Crippen LogP contribution in [0.15, 0.2) is 24.3 Å². The molecule has 0 saturated carbocycles. The van der Waals surface area contributed by atoms with E-state index in [1.165, 1.54) is 0 Å². The minimum atomic E-state index is -0.0451. The monoisotopic (exact) mass is 290 g/mol. The van der Waals surface area contributed by atoms with Crippen molar-refractivity contribution in [1.82, 2.24) is 10.6 Å². The van der Waals surface area contributed by atoms with Gasteiger partial charge in [-0.1, -0.05) is 18.6 Å². The molecule has 1 amide bonds. The van der Waals surface area contributed by atoms with E-state index in [9.17, 15) is 4.79 Å². The Hall–Kier alpha value is -1.55. The van der Waals surface area contributed by atoms with Crippen LogP contribution in [0.4, 0.5) is 0 Å². The van der Waals surface area contributed by atoms with Gasteiger partial charge in [0.25, 0.3) is 0 Å². The first kappa shape index (κ1) is 15.8. The van der Waals surface area contributed by atoms with Crippen molar-refractivity contribution < 1.29 is 9.53 Å². The third-order valence-electron chi connectivity index (χ3n) is 3.72. The summed E-state index contributed by atoms with van der Waals surface area (Å²) < 4.78 is 5.70. The Kier molecular flexibility index (Phi) is 5.62. The van der Waals surface area contributed by atoms with Gasteiger partial charge in [0.1, 0.15) is 5.75 Å². The average Bonchev–Trinajstić information content (AvgIpc) is 2.47. The van der Waals surface area contributed by atoms with Crippen molar-refractivity contribution in [3.05, 3.63) is 29.8 Å². The maximum atomic E-state index is 12.2. The molecule has 2 rings (SSSR count). The highest BCUT2D eigenvalue weighted by Gasteiger charge is 2.22. The van der Waals surface area contributed by atoms with E-state index in [0.29, 0.717) is 0 Å². The fourth-order valence-electron chi connectivity index (χ4n) is 2.60. The number of amides is 1. The van der Waals surface area contributed by atoms with Crippen molar-refractivity contribution in [2.75, 3.05) is 6.54 Å². The number of rotatable bonds is 5. The van der Waals surface area contributed by atoms with E-state index in [2.05, 4.69) is 10.6 Å². The van der Waals surface area contributed by atoms with Gasteiger partial charge in [0, 0.05) is 0 Å². The Morgan fingerprint density at radius 2 is 2.14 bits per heavy atom. The standard InChI is InChI=1S/C17H26N2O2/c1-12(2)21-15-8-6-7-14(11-15)13(3)19-17(20)16-9-4-5-10-18-16/h6-8,11-13,16,18H,4-5,9-10H2,1-3H3,(H,19,20). The van der Waals surface area contributed by atoms with Crippen molar-refractivity contribution in [2.45, 2.75) is 58.2 Å². The van der Waals surface area contributed by atoms with Gasteiger partial charge in [-0.3, -0.25) is 4.79 Å². The molecule has 0 spiro atoms. The van der Waals surface area contributed by atoms with Crippen LogP contribution in [0, 0.1) is 0 Å². The zero-order valence-electron chi connectivity index (χ0n) is 13.2. The summed E-state index contributed by atoms with van der Waals surface area (Å²) >= 11 is 0. The van der Waals surface area contributed by atoms with Crippen LogP contribution in [0.1, 0.15) is 51.6 Å². The van der Waals surface area contributed by atoms with Gasteiger partial charge in [-0.25, -0.2) is 0 Å². The number of hydrogen-bond donors (Lipinski definition) is 2. The summed E-state index contributed by atoms with van der Waals surface area (Å²) in [4.78, 5) is 12.2. The summed E-state index contributed by atoms with van der Waals surface area (Å²) in [6.07, 6.45) is 3.36. The number of carbonyl (C=O) groups excluding carboxylic acids is 1. The molecule has 21 heavy (non-hydrogen) atoms. The maximum Gasteiger partial charge on any atom is 0.237 e. The Morgan fingerprint density at radius 3 is 2.81 bits per heavy atom. The first-order valence-electron chi connectivity index (χ1n) is 7.86. The Labute approximate surface area is 127 Å². The second kappa shape index (κ2) is 7.46. The van der Waals surface area contributed by atoms with Crippen LogP contribution in [-0.4, -0.2) is 24.6 Å². The second-order valence-corrected chi connectivity index (χ2v) is 5.97. The van der Waals surface area contributed by atoms with E-state index in [-0.39, 0.29) is 24.1 Å². The molecule has 1 saturated heterocycles. The fraction of sp³-hybridized carbons (Fsp3) is 0.588. The van der Waals surface area contributed by atoms with Gasteiger partial charge < -0.3 is 15.4 Å². The van der Waals surface area contributed by atoms with E-state index in [1.54, 1.807) is 0 Å². The number of carbonyl (C=O) groups is 1. The summed E-state index contributed by atoms with van der Waals surface area (Å²) in [5.74, 6) is 0.941. The molecule has 2 N–H and O–H groups in total. The van der Waals surface area contributed by atoms with Gasteiger partial charge in [-0.2, -0.15) is 0 Å². The maximum absolute atomic E-state index is 12.2. The lowest BCUT2D eigenvalue weighted by molar-refractivity contribution is -0.124. The van der Waals surface area contributed by atoms with Crippen molar-refractivity contribution in [3.63, 3.8) is 0 Å². The zero-order valence-corrected chi connectivity index (χ0v) is 13.2. The van der Waals surface area contributed by atoms with Crippen molar-refractivity contribution in [2.24, 2.45) is 0 Å². The third-order valence-corrected chi connectivity index (χ3v) is 3.72. The van der Waals surface area contributed by atoms with Gasteiger partial charge in [0.2, 0.25) is 5.91 Å². The van der Waals surface area contributed by atoms with Crippen LogP contribution in [0.5, 0.6) is 5.75 Å². The normalized spacial score (nSPS) is 20.1. The molecule has 1 aromatic rings. The highest BCUT2D eigenvalue weighted by molar-refractivity contribution is 5.82. The third kappa shape index (κ3) is 4.74. The second-order valence-electron chi connectivity index (χ2n) is 5.97. The first-order chi connectivity index (χ1) is 10.1. The van der Waals surface area contributed by atoms with Gasteiger partial charge >= 0.3 is 0 Å². The molecule has 1 heterocycles. The van der Waals surface area contributed by atoms with Crippen LogP contribution in [0.3, 0.4) is 0 Å². The minimum Gasteiger partial charge on any atom is -0.491 e. The summed E-state index contributed by atoms with van der Waals surface area (Å²) in [7, 11) is 0. The molecule has 2 atom stereocenters. The predicted octanol–water partition coefficient (Wildman–Crippen LogP) is 2.79. The van der Waals surface area contributed by atoms with Crippen LogP contribution in [0.2, 0.25) is 0 Å². The Balaban J connectivity index is 1.95. The Morgan fingerprint density at radius 1 is 1.33 bits per heavy atom. The van der Waals surface area contributed by atoms with Crippen molar-refractivity contribution >= 4 is 5.91 Å². The van der Waals surface area contributed by atoms with Crippen molar-refractivity contribution in [3.8, 4) is 5.75 Å². The first-order valence-corrected chi connectivity index (χ1v) is 7.86. The Bertz CT molecular complexity index is 468. The van der Waals surface area contributed by atoms with Gasteiger partial charge in [0.05, 0.1) is 18.2 Å². The molecular weight excluding hydrogens is 264 g/mol. The number of ether oxygens (including phenoxy) is 1. The minimum absolute atomic E-state index is 0.0167. The molecule has 0 aromatic heterocycles. The molecule has 116 valence electrons. The number of benzene rings is 1. The lowest BCUT2D eigenvalue weighted by Crippen LogP contribution is -2.47. The number of piperidine rings is 1. The molecule has 1 fully saturated rings. The molecule has 0 radical (unpaired) electrons. The summed E-state index contributed by atoms with van der Waals surface area (Å²) in [6, 6.07) is 7.87. The van der Waals surface area contributed by atoms with Crippen LogP contribution in [0.25, 0.3) is 0 Å². The molecule has 4 heteroatoms. The SMILES string of the molecule is CC(C)Oc1cccc(C(C)NC(=O)C2CCCCN2)c1. The molecular formula is C17H26N2O2. The van der Waals surface area contributed by atoms with E-state index < -0.39 is 0 Å². The van der Waals surface area contributed by atoms with Gasteiger partial charge in [0.15, 0.2) is 0 Å². The molecule has 4 nitrogen and oxygen atoms in total. The van der Waals surface area contributed by atoms with Gasteiger partial charge in [-0.15, -0.1) is 0 Å². The summed E-state index contributed by atoms with van der Waals surface area (Å²) in [5, 5.41) is 6.37. The lowest BCUT2D eigenvalue weighted by Gasteiger charge is -2.25. The topological polar surface area (TPSA) is 50.4 Å². The molecule has 0 bridgehead atoms. The number of hydrogen-bond acceptors (Lipinski definition) is 3. The van der Waals surface area contributed by atoms with E-state index in [4.69, 9.17) is 4.74 Å². The number of nitrogens with one attached hydrogen (secondary N) is 2. The van der Waals surface area contributed by atoms with E-state index >= 15 is 0 Å².